The minimum atomic E-state index is -0.0385. The van der Waals surface area contributed by atoms with Gasteiger partial charge in [0.05, 0.1) is 10.5 Å². The third-order valence-corrected chi connectivity index (χ3v) is 7.37. The molecule has 0 unspecified atom stereocenters. The summed E-state index contributed by atoms with van der Waals surface area (Å²) in [7, 11) is 0. The maximum atomic E-state index is 13.7. The number of likely N-dealkylation sites (tertiary alicyclic amines) is 1. The average Bonchev–Trinajstić information content (AvgIpc) is 3.15. The summed E-state index contributed by atoms with van der Waals surface area (Å²) in [6.45, 7) is 4.20. The number of amides is 1. The number of carbonyl (C=O) groups is 1. The number of halogens is 1. The van der Waals surface area contributed by atoms with Crippen LogP contribution in [0.1, 0.15) is 41.4 Å². The van der Waals surface area contributed by atoms with Crippen molar-refractivity contribution in [3.05, 3.63) is 94.6 Å². The SMILES string of the molecule is CC1CCN(C(=O)c2c(Cl)c3ccc(C(=N)N)cc3n2Cc2ccc(-c3ccccc3)cc2)CC1. The van der Waals surface area contributed by atoms with E-state index in [4.69, 9.17) is 22.7 Å². The van der Waals surface area contributed by atoms with Crippen LogP contribution in [-0.4, -0.2) is 34.3 Å². The van der Waals surface area contributed by atoms with Crippen molar-refractivity contribution in [2.24, 2.45) is 11.7 Å². The van der Waals surface area contributed by atoms with E-state index in [9.17, 15) is 4.79 Å². The third kappa shape index (κ3) is 4.56. The number of nitrogens with zero attached hydrogens (tertiary/aromatic N) is 2. The number of benzene rings is 3. The molecule has 1 aliphatic heterocycles. The number of hydrogen-bond acceptors (Lipinski definition) is 2. The van der Waals surface area contributed by atoms with Crippen LogP contribution in [0.15, 0.2) is 72.8 Å². The van der Waals surface area contributed by atoms with Crippen LogP contribution in [0.5, 0.6) is 0 Å². The Morgan fingerprint density at radius 1 is 1.00 bits per heavy atom. The Kier molecular flexibility index (Phi) is 6.35. The molecule has 178 valence electrons. The fraction of sp³-hybridized carbons (Fsp3) is 0.241. The maximum absolute atomic E-state index is 13.7. The van der Waals surface area contributed by atoms with Gasteiger partial charge in [-0.15, -0.1) is 0 Å². The standard InChI is InChI=1S/C29H29ClN4O/c1-19-13-15-33(16-14-19)29(35)27-26(30)24-12-11-23(28(31)32)17-25(24)34(27)18-20-7-9-22(10-8-20)21-5-3-2-4-6-21/h2-12,17,19H,13-16,18H2,1H3,(H3,31,32). The van der Waals surface area contributed by atoms with E-state index >= 15 is 0 Å². The van der Waals surface area contributed by atoms with Crippen LogP contribution in [0, 0.1) is 11.3 Å². The molecule has 6 heteroatoms. The molecule has 5 nitrogen and oxygen atoms in total. The van der Waals surface area contributed by atoms with Crippen LogP contribution in [0.25, 0.3) is 22.0 Å². The first-order valence-electron chi connectivity index (χ1n) is 12.0. The first kappa shape index (κ1) is 23.2. The lowest BCUT2D eigenvalue weighted by atomic mass is 9.99. The van der Waals surface area contributed by atoms with Crippen molar-refractivity contribution in [1.29, 1.82) is 5.41 Å². The van der Waals surface area contributed by atoms with E-state index < -0.39 is 0 Å². The van der Waals surface area contributed by atoms with Gasteiger partial charge in [0.25, 0.3) is 5.91 Å². The minimum absolute atomic E-state index is 0.0131. The predicted molar refractivity (Wildman–Crippen MR) is 143 cm³/mol. The second-order valence-electron chi connectivity index (χ2n) is 9.43. The van der Waals surface area contributed by atoms with Gasteiger partial charge in [-0.3, -0.25) is 10.2 Å². The van der Waals surface area contributed by atoms with E-state index in [0.29, 0.717) is 28.7 Å². The number of amidine groups is 1. The molecule has 0 aliphatic carbocycles. The Hall–Kier alpha value is -3.57. The van der Waals surface area contributed by atoms with Gasteiger partial charge in [0.1, 0.15) is 11.5 Å². The number of piperidine rings is 1. The lowest BCUT2D eigenvalue weighted by Crippen LogP contribution is -2.39. The monoisotopic (exact) mass is 484 g/mol. The first-order valence-corrected chi connectivity index (χ1v) is 12.4. The number of hydrogen-bond donors (Lipinski definition) is 2. The van der Waals surface area contributed by atoms with Crippen molar-refractivity contribution in [2.75, 3.05) is 13.1 Å². The number of nitrogens with two attached hydrogens (primary N) is 1. The number of aromatic nitrogens is 1. The molecule has 3 N–H and O–H groups in total. The van der Waals surface area contributed by atoms with Gasteiger partial charge in [0.2, 0.25) is 0 Å². The Bertz CT molecular complexity index is 1380. The summed E-state index contributed by atoms with van der Waals surface area (Å²) in [4.78, 5) is 15.6. The zero-order valence-corrected chi connectivity index (χ0v) is 20.6. The first-order chi connectivity index (χ1) is 16.9. The van der Waals surface area contributed by atoms with E-state index in [0.717, 1.165) is 53.5 Å². The summed E-state index contributed by atoms with van der Waals surface area (Å²) in [6.07, 6.45) is 2.00. The van der Waals surface area contributed by atoms with Crippen LogP contribution in [0.4, 0.5) is 0 Å². The molecular weight excluding hydrogens is 456 g/mol. The topological polar surface area (TPSA) is 75.1 Å². The number of nitrogens with one attached hydrogen (secondary N) is 1. The molecule has 0 spiro atoms. The molecule has 1 aromatic heterocycles. The van der Waals surface area contributed by atoms with Gasteiger partial charge in [0.15, 0.2) is 0 Å². The number of carbonyl (C=O) groups excluding carboxylic acids is 1. The molecule has 1 amide bonds. The smallest absolute Gasteiger partial charge is 0.272 e. The molecule has 35 heavy (non-hydrogen) atoms. The molecule has 1 fully saturated rings. The van der Waals surface area contributed by atoms with Crippen LogP contribution >= 0.6 is 11.6 Å². The zero-order chi connectivity index (χ0) is 24.5. The molecule has 1 saturated heterocycles. The highest BCUT2D eigenvalue weighted by atomic mass is 35.5. The highest BCUT2D eigenvalue weighted by Crippen LogP contribution is 2.34. The van der Waals surface area contributed by atoms with Gasteiger partial charge in [0, 0.05) is 30.6 Å². The molecule has 5 rings (SSSR count). The molecular formula is C29H29ClN4O. The van der Waals surface area contributed by atoms with Crippen LogP contribution in [0.2, 0.25) is 5.02 Å². The molecule has 0 atom stereocenters. The summed E-state index contributed by atoms with van der Waals surface area (Å²) >= 11 is 6.86. The molecule has 0 saturated carbocycles. The van der Waals surface area contributed by atoms with Crippen molar-refractivity contribution < 1.29 is 4.79 Å². The largest absolute Gasteiger partial charge is 0.384 e. The van der Waals surface area contributed by atoms with Crippen molar-refractivity contribution >= 4 is 34.2 Å². The van der Waals surface area contributed by atoms with Gasteiger partial charge in [-0.25, -0.2) is 0 Å². The average molecular weight is 485 g/mol. The normalized spacial score (nSPS) is 14.4. The van der Waals surface area contributed by atoms with Crippen LogP contribution < -0.4 is 5.73 Å². The summed E-state index contributed by atoms with van der Waals surface area (Å²) in [6, 6.07) is 24.1. The molecule has 0 bridgehead atoms. The third-order valence-electron chi connectivity index (χ3n) is 6.99. The summed E-state index contributed by atoms with van der Waals surface area (Å²) in [5, 5.41) is 9.15. The predicted octanol–water partition coefficient (Wildman–Crippen LogP) is 6.17. The number of rotatable bonds is 5. The molecule has 2 heterocycles. The van der Waals surface area contributed by atoms with E-state index in [2.05, 4.69) is 43.3 Å². The second kappa shape index (κ2) is 9.59. The summed E-state index contributed by atoms with van der Waals surface area (Å²) in [5.41, 5.74) is 11.1. The van der Waals surface area contributed by atoms with Gasteiger partial charge >= 0.3 is 0 Å². The van der Waals surface area contributed by atoms with E-state index in [1.807, 2.05) is 39.8 Å². The van der Waals surface area contributed by atoms with Crippen molar-refractivity contribution in [2.45, 2.75) is 26.3 Å². The van der Waals surface area contributed by atoms with Gasteiger partial charge in [-0.05, 0) is 41.5 Å². The fourth-order valence-corrected chi connectivity index (χ4v) is 5.17. The quantitative estimate of drug-likeness (QED) is 0.262. The van der Waals surface area contributed by atoms with Crippen molar-refractivity contribution in [3.8, 4) is 11.1 Å². The Labute approximate surface area is 210 Å². The van der Waals surface area contributed by atoms with Gasteiger partial charge < -0.3 is 15.2 Å². The number of nitrogen functional groups attached to an aromatic ring is 1. The lowest BCUT2D eigenvalue weighted by molar-refractivity contribution is 0.0687. The van der Waals surface area contributed by atoms with E-state index in [1.54, 1.807) is 6.07 Å². The minimum Gasteiger partial charge on any atom is -0.384 e. The second-order valence-corrected chi connectivity index (χ2v) is 9.81. The fourth-order valence-electron chi connectivity index (χ4n) is 4.83. The van der Waals surface area contributed by atoms with Gasteiger partial charge in [-0.2, -0.15) is 0 Å². The molecule has 0 radical (unpaired) electrons. The highest BCUT2D eigenvalue weighted by Gasteiger charge is 2.28. The van der Waals surface area contributed by atoms with Gasteiger partial charge in [-0.1, -0.05) is 85.3 Å². The summed E-state index contributed by atoms with van der Waals surface area (Å²) < 4.78 is 1.99. The Morgan fingerprint density at radius 2 is 1.66 bits per heavy atom. The zero-order valence-electron chi connectivity index (χ0n) is 19.8. The highest BCUT2D eigenvalue weighted by molar-refractivity contribution is 6.39. The summed E-state index contributed by atoms with van der Waals surface area (Å²) in [5.74, 6) is 0.575. The van der Waals surface area contributed by atoms with Crippen molar-refractivity contribution in [3.63, 3.8) is 0 Å². The Balaban J connectivity index is 1.56. The number of fused-ring (bicyclic) bond motifs is 1. The van der Waals surface area contributed by atoms with Crippen molar-refractivity contribution in [1.82, 2.24) is 9.47 Å². The molecule has 1 aliphatic rings. The maximum Gasteiger partial charge on any atom is 0.272 e. The van der Waals surface area contributed by atoms with Crippen LogP contribution in [0.3, 0.4) is 0 Å². The molecule has 4 aromatic rings. The molecule has 3 aromatic carbocycles. The van der Waals surface area contributed by atoms with E-state index in [-0.39, 0.29) is 11.7 Å². The van der Waals surface area contributed by atoms with E-state index in [1.165, 1.54) is 0 Å². The lowest BCUT2D eigenvalue weighted by Gasteiger charge is -2.30. The van der Waals surface area contributed by atoms with Crippen LogP contribution in [-0.2, 0) is 6.54 Å². The Morgan fingerprint density at radius 3 is 2.31 bits per heavy atom.